The monoisotopic (exact) mass is 625 g/mol. The maximum Gasteiger partial charge on any atom is 0.309 e. The van der Waals surface area contributed by atoms with Crippen LogP contribution in [0, 0.1) is 24.2 Å². The number of carbonyl (C=O) groups excluding carboxylic acids is 2. The number of rotatable bonds is 5. The molecule has 0 amide bonds. The van der Waals surface area contributed by atoms with E-state index >= 15 is 0 Å². The van der Waals surface area contributed by atoms with Gasteiger partial charge in [0.1, 0.15) is 30.2 Å². The van der Waals surface area contributed by atoms with Crippen LogP contribution in [0.15, 0.2) is 11.0 Å². The van der Waals surface area contributed by atoms with E-state index in [1.54, 1.807) is 20.8 Å². The van der Waals surface area contributed by atoms with Gasteiger partial charge in [-0.1, -0.05) is 34.1 Å². The molecule has 11 atom stereocenters. The van der Waals surface area contributed by atoms with Gasteiger partial charge in [0.15, 0.2) is 6.29 Å². The molecule has 12 heteroatoms. The summed E-state index contributed by atoms with van der Waals surface area (Å²) in [5, 5.41) is 44.3. The lowest BCUT2D eigenvalue weighted by atomic mass is 9.72. The molecular formula is C31H47NO10S. The second-order valence-corrected chi connectivity index (χ2v) is 14.0. The highest BCUT2D eigenvalue weighted by molar-refractivity contribution is 7.09. The average Bonchev–Trinajstić information content (AvgIpc) is 3.47. The van der Waals surface area contributed by atoms with Crippen LogP contribution in [-0.2, 0) is 28.5 Å². The van der Waals surface area contributed by atoms with Gasteiger partial charge >= 0.3 is 5.97 Å². The van der Waals surface area contributed by atoms with Gasteiger partial charge in [-0.2, -0.15) is 0 Å². The van der Waals surface area contributed by atoms with E-state index in [1.165, 1.54) is 11.3 Å². The highest BCUT2D eigenvalue weighted by atomic mass is 32.1. The van der Waals surface area contributed by atoms with Crippen LogP contribution >= 0.6 is 11.3 Å². The van der Waals surface area contributed by atoms with Crippen LogP contribution in [0.25, 0.3) is 6.08 Å². The third kappa shape index (κ3) is 8.09. The number of aliphatic hydroxyl groups is 4. The van der Waals surface area contributed by atoms with Gasteiger partial charge in [0.25, 0.3) is 0 Å². The van der Waals surface area contributed by atoms with Gasteiger partial charge in [-0.15, -0.1) is 11.3 Å². The standard InChI is InChI=1S/C31H47NO10S/c1-15-8-7-9-20-22(39-20)11-21(16(2)10-19-14-43-18(4)32-19)40-25(34)12-24(31(5,6)29(38)17(3)26(15)35)42-30-28(37)27(36)23(13-33)41-30/h10,14-15,17,20-24,26-28,30,33,35-37H,7-9,11-13H2,1-6H3/t15-,17+,20+,21+,22-,23+,24-,26-,27+,28+,30+/m0/s1. The Labute approximate surface area is 257 Å². The Morgan fingerprint density at radius 2 is 1.84 bits per heavy atom. The van der Waals surface area contributed by atoms with Crippen LogP contribution in [0.3, 0.4) is 0 Å². The van der Waals surface area contributed by atoms with E-state index in [2.05, 4.69) is 4.98 Å². The van der Waals surface area contributed by atoms with Gasteiger partial charge in [0.2, 0.25) is 0 Å². The molecule has 1 aromatic heterocycles. The van der Waals surface area contributed by atoms with Crippen molar-refractivity contribution in [3.8, 4) is 0 Å². The third-order valence-corrected chi connectivity index (χ3v) is 9.97. The van der Waals surface area contributed by atoms with Crippen molar-refractivity contribution in [3.05, 3.63) is 21.7 Å². The number of ether oxygens (including phenoxy) is 4. The SMILES string of the molecule is CC(=Cc1csc(C)n1)[C@H]1C[C@@H]2O[C@@H]2CCC[C@H](C)[C@H](O)[C@@H](C)C(=O)C(C)(C)[C@@H](O[C@H]2O[C@H](CO)[C@@H](O)[C@H]2O)CC(=O)O1. The lowest BCUT2D eigenvalue weighted by Gasteiger charge is -2.38. The van der Waals surface area contributed by atoms with Crippen LogP contribution in [0.1, 0.15) is 77.4 Å². The summed E-state index contributed by atoms with van der Waals surface area (Å²) < 4.78 is 23.6. The molecule has 3 aliphatic rings. The quantitative estimate of drug-likeness (QED) is 0.280. The Hall–Kier alpha value is -1.77. The number of epoxide rings is 1. The van der Waals surface area contributed by atoms with Gasteiger partial charge in [-0.25, -0.2) is 4.98 Å². The summed E-state index contributed by atoms with van der Waals surface area (Å²) >= 11 is 1.53. The molecule has 4 N–H and O–H groups in total. The molecule has 0 aromatic carbocycles. The molecular weight excluding hydrogens is 578 g/mol. The lowest BCUT2D eigenvalue weighted by molar-refractivity contribution is -0.218. The molecule has 0 aliphatic carbocycles. The average molecular weight is 626 g/mol. The van der Waals surface area contributed by atoms with Gasteiger partial charge in [-0.05, 0) is 44.3 Å². The molecule has 4 heterocycles. The molecule has 3 saturated heterocycles. The predicted molar refractivity (Wildman–Crippen MR) is 158 cm³/mol. The minimum absolute atomic E-state index is 0.0359. The largest absolute Gasteiger partial charge is 0.458 e. The van der Waals surface area contributed by atoms with Crippen molar-refractivity contribution in [1.29, 1.82) is 0 Å². The number of carbonyl (C=O) groups is 2. The van der Waals surface area contributed by atoms with Crippen molar-refractivity contribution in [2.75, 3.05) is 6.61 Å². The first-order chi connectivity index (χ1) is 20.2. The highest BCUT2D eigenvalue weighted by Gasteiger charge is 2.50. The zero-order valence-electron chi connectivity index (χ0n) is 25.8. The molecule has 4 rings (SSSR count). The van der Waals surface area contributed by atoms with Gasteiger partial charge < -0.3 is 39.4 Å². The first-order valence-electron chi connectivity index (χ1n) is 15.2. The molecule has 0 spiro atoms. The molecule has 0 radical (unpaired) electrons. The first-order valence-corrected chi connectivity index (χ1v) is 16.1. The molecule has 1 aromatic rings. The van der Waals surface area contributed by atoms with Crippen LogP contribution in [0.4, 0.5) is 0 Å². The fourth-order valence-electron chi connectivity index (χ4n) is 6.13. The molecule has 11 nitrogen and oxygen atoms in total. The fraction of sp³-hybridized carbons (Fsp3) is 0.774. The Kier molecular flexibility index (Phi) is 11.2. The maximum absolute atomic E-state index is 13.9. The maximum atomic E-state index is 13.9. The zero-order chi connectivity index (χ0) is 31.6. The number of cyclic esters (lactones) is 1. The van der Waals surface area contributed by atoms with Crippen molar-refractivity contribution in [2.24, 2.45) is 17.3 Å². The summed E-state index contributed by atoms with van der Waals surface area (Å²) in [6, 6.07) is 0. The number of nitrogens with zero attached hydrogens (tertiary/aromatic N) is 1. The summed E-state index contributed by atoms with van der Waals surface area (Å²) in [4.78, 5) is 32.0. The van der Waals surface area contributed by atoms with Crippen molar-refractivity contribution in [1.82, 2.24) is 4.98 Å². The number of fused-ring (bicyclic) bond motifs is 1. The van der Waals surface area contributed by atoms with E-state index in [0.717, 1.165) is 35.5 Å². The van der Waals surface area contributed by atoms with E-state index in [9.17, 15) is 30.0 Å². The summed E-state index contributed by atoms with van der Waals surface area (Å²) in [7, 11) is 0. The normalized spacial score (nSPS) is 39.8. The molecule has 0 bridgehead atoms. The van der Waals surface area contributed by atoms with Crippen LogP contribution in [0.2, 0.25) is 0 Å². The second kappa shape index (κ2) is 14.1. The van der Waals surface area contributed by atoms with E-state index in [-0.39, 0.29) is 30.3 Å². The number of esters is 1. The second-order valence-electron chi connectivity index (χ2n) is 12.9. The summed E-state index contributed by atoms with van der Waals surface area (Å²) in [5.74, 6) is -1.87. The Balaban J connectivity index is 1.63. The number of hydrogen-bond acceptors (Lipinski definition) is 12. The third-order valence-electron chi connectivity index (χ3n) is 9.17. The Morgan fingerprint density at radius 3 is 2.47 bits per heavy atom. The minimum Gasteiger partial charge on any atom is -0.458 e. The van der Waals surface area contributed by atoms with Crippen LogP contribution < -0.4 is 0 Å². The molecule has 242 valence electrons. The first kappa shape index (κ1) is 34.1. The van der Waals surface area contributed by atoms with Crippen molar-refractivity contribution < 1.29 is 49.0 Å². The number of aromatic nitrogens is 1. The zero-order valence-corrected chi connectivity index (χ0v) is 26.7. The van der Waals surface area contributed by atoms with E-state index in [1.807, 2.05) is 32.2 Å². The van der Waals surface area contributed by atoms with Crippen molar-refractivity contribution in [2.45, 2.75) is 129 Å². The molecule has 43 heavy (non-hydrogen) atoms. The predicted octanol–water partition coefficient (Wildman–Crippen LogP) is 2.55. The lowest BCUT2D eigenvalue weighted by Crippen LogP contribution is -2.49. The van der Waals surface area contributed by atoms with Gasteiger partial charge in [0, 0.05) is 17.7 Å². The topological polar surface area (TPSA) is 168 Å². The number of Topliss-reactive ketones (excluding diaryl/α,β-unsaturated/α-hetero) is 1. The smallest absolute Gasteiger partial charge is 0.309 e. The van der Waals surface area contributed by atoms with Crippen LogP contribution in [-0.4, -0.2) is 98.9 Å². The van der Waals surface area contributed by atoms with E-state index < -0.39 is 66.8 Å². The number of ketones is 1. The molecule has 0 unspecified atom stereocenters. The molecule has 0 saturated carbocycles. The summed E-state index contributed by atoms with van der Waals surface area (Å²) in [6.07, 6.45) is -3.78. The molecule has 3 aliphatic heterocycles. The van der Waals surface area contributed by atoms with Crippen LogP contribution in [0.5, 0.6) is 0 Å². The summed E-state index contributed by atoms with van der Waals surface area (Å²) in [5.41, 5.74) is 0.246. The number of aliphatic hydroxyl groups excluding tert-OH is 4. The van der Waals surface area contributed by atoms with E-state index in [4.69, 9.17) is 18.9 Å². The Morgan fingerprint density at radius 1 is 1.12 bits per heavy atom. The fourth-order valence-corrected chi connectivity index (χ4v) is 6.70. The molecule has 3 fully saturated rings. The van der Waals surface area contributed by atoms with E-state index in [0.29, 0.717) is 6.42 Å². The number of hydrogen-bond donors (Lipinski definition) is 4. The number of thiazole rings is 1. The van der Waals surface area contributed by atoms with Gasteiger partial charge in [0.05, 0.1) is 53.6 Å². The Bertz CT molecular complexity index is 1150. The van der Waals surface area contributed by atoms with Crippen molar-refractivity contribution in [3.63, 3.8) is 0 Å². The highest BCUT2D eigenvalue weighted by Crippen LogP contribution is 2.38. The van der Waals surface area contributed by atoms with Crippen molar-refractivity contribution >= 4 is 29.2 Å². The van der Waals surface area contributed by atoms with Gasteiger partial charge in [-0.3, -0.25) is 9.59 Å². The summed E-state index contributed by atoms with van der Waals surface area (Å²) in [6.45, 7) is 10.1. The number of aryl methyl sites for hydroxylation is 1. The minimum atomic E-state index is -1.51.